The lowest BCUT2D eigenvalue weighted by atomic mass is 10.1. The third-order valence-corrected chi connectivity index (χ3v) is 3.85. The van der Waals surface area contributed by atoms with Crippen molar-refractivity contribution < 1.29 is 23.9 Å². The topological polar surface area (TPSA) is 69.7 Å². The van der Waals surface area contributed by atoms with Crippen LogP contribution in [0.4, 0.5) is 0 Å². The average molecular weight is 391 g/mol. The standard InChI is InChI=1S/C18H15BrO5/c1-11(16(20)12-7-9-15(19)10-8-12)24-18(22)14-5-3-13(4-6-14)17(21)23-2/h3-11H,1-2H3/t11-/m0/s1. The van der Waals surface area contributed by atoms with Crippen molar-refractivity contribution in [1.82, 2.24) is 0 Å². The molecule has 0 amide bonds. The van der Waals surface area contributed by atoms with E-state index in [1.807, 2.05) is 0 Å². The lowest BCUT2D eigenvalue weighted by Crippen LogP contribution is -2.24. The highest BCUT2D eigenvalue weighted by Crippen LogP contribution is 2.14. The predicted molar refractivity (Wildman–Crippen MR) is 91.1 cm³/mol. The second-order valence-electron chi connectivity index (χ2n) is 4.99. The van der Waals surface area contributed by atoms with Gasteiger partial charge in [0.2, 0.25) is 5.78 Å². The number of carbonyl (C=O) groups excluding carboxylic acids is 3. The second-order valence-corrected chi connectivity index (χ2v) is 5.90. The van der Waals surface area contributed by atoms with Gasteiger partial charge in [0.25, 0.3) is 0 Å². The summed E-state index contributed by atoms with van der Waals surface area (Å²) in [5.41, 5.74) is 1.03. The van der Waals surface area contributed by atoms with Crippen LogP contribution in [0.15, 0.2) is 53.0 Å². The number of hydrogen-bond acceptors (Lipinski definition) is 5. The highest BCUT2D eigenvalue weighted by Gasteiger charge is 2.20. The van der Waals surface area contributed by atoms with Gasteiger partial charge in [0.15, 0.2) is 6.10 Å². The van der Waals surface area contributed by atoms with Crippen LogP contribution >= 0.6 is 15.9 Å². The van der Waals surface area contributed by atoms with E-state index >= 15 is 0 Å². The van der Waals surface area contributed by atoms with E-state index in [9.17, 15) is 14.4 Å². The van der Waals surface area contributed by atoms with E-state index in [0.717, 1.165) is 4.47 Å². The van der Waals surface area contributed by atoms with Crippen LogP contribution in [0, 0.1) is 0 Å². The molecule has 0 saturated heterocycles. The molecule has 1 atom stereocenters. The normalized spacial score (nSPS) is 11.5. The minimum Gasteiger partial charge on any atom is -0.465 e. The minimum atomic E-state index is -0.918. The zero-order valence-corrected chi connectivity index (χ0v) is 14.7. The number of Topliss-reactive ketones (excluding diaryl/α,β-unsaturated/α-hetero) is 1. The molecule has 2 aromatic carbocycles. The van der Waals surface area contributed by atoms with Crippen LogP contribution in [0.25, 0.3) is 0 Å². The molecule has 0 spiro atoms. The summed E-state index contributed by atoms with van der Waals surface area (Å²) in [6.07, 6.45) is -0.918. The number of ketones is 1. The van der Waals surface area contributed by atoms with Gasteiger partial charge in [-0.15, -0.1) is 0 Å². The fourth-order valence-electron chi connectivity index (χ4n) is 1.99. The zero-order chi connectivity index (χ0) is 17.7. The monoisotopic (exact) mass is 390 g/mol. The molecule has 5 nitrogen and oxygen atoms in total. The summed E-state index contributed by atoms with van der Waals surface area (Å²) in [5, 5.41) is 0. The van der Waals surface area contributed by atoms with Gasteiger partial charge in [0.05, 0.1) is 18.2 Å². The van der Waals surface area contributed by atoms with E-state index in [2.05, 4.69) is 20.7 Å². The van der Waals surface area contributed by atoms with Gasteiger partial charge < -0.3 is 9.47 Å². The first kappa shape index (κ1) is 17.9. The van der Waals surface area contributed by atoms with E-state index in [1.54, 1.807) is 24.3 Å². The number of halogens is 1. The summed E-state index contributed by atoms with van der Waals surface area (Å²) in [6.45, 7) is 1.52. The summed E-state index contributed by atoms with van der Waals surface area (Å²) in [7, 11) is 1.28. The lowest BCUT2D eigenvalue weighted by molar-refractivity contribution is 0.0318. The highest BCUT2D eigenvalue weighted by atomic mass is 79.9. The number of esters is 2. The zero-order valence-electron chi connectivity index (χ0n) is 13.1. The van der Waals surface area contributed by atoms with Gasteiger partial charge in [-0.05, 0) is 43.3 Å². The van der Waals surface area contributed by atoms with Gasteiger partial charge in [-0.3, -0.25) is 4.79 Å². The molecule has 0 saturated carbocycles. The first-order valence-electron chi connectivity index (χ1n) is 7.11. The number of benzene rings is 2. The fourth-order valence-corrected chi connectivity index (χ4v) is 2.26. The third-order valence-electron chi connectivity index (χ3n) is 3.32. The van der Waals surface area contributed by atoms with Crippen molar-refractivity contribution in [1.29, 1.82) is 0 Å². The number of methoxy groups -OCH3 is 1. The van der Waals surface area contributed by atoms with E-state index in [-0.39, 0.29) is 11.3 Å². The summed E-state index contributed by atoms with van der Waals surface area (Å²) in [5.74, 6) is -1.42. The van der Waals surface area contributed by atoms with E-state index in [0.29, 0.717) is 11.1 Å². The SMILES string of the molecule is COC(=O)c1ccc(C(=O)O[C@@H](C)C(=O)c2ccc(Br)cc2)cc1. The van der Waals surface area contributed by atoms with Gasteiger partial charge in [-0.2, -0.15) is 0 Å². The molecule has 124 valence electrons. The van der Waals surface area contributed by atoms with Crippen LogP contribution in [0.1, 0.15) is 38.0 Å². The number of ether oxygens (including phenoxy) is 2. The van der Waals surface area contributed by atoms with Crippen LogP contribution in [-0.4, -0.2) is 30.9 Å². The summed E-state index contributed by atoms with van der Waals surface area (Å²) >= 11 is 3.29. The van der Waals surface area contributed by atoms with Crippen molar-refractivity contribution in [3.63, 3.8) is 0 Å². The van der Waals surface area contributed by atoms with Crippen molar-refractivity contribution >= 4 is 33.7 Å². The largest absolute Gasteiger partial charge is 0.465 e. The molecule has 0 bridgehead atoms. The Bertz CT molecular complexity index is 750. The van der Waals surface area contributed by atoms with Crippen molar-refractivity contribution in [3.8, 4) is 0 Å². The smallest absolute Gasteiger partial charge is 0.338 e. The molecular weight excluding hydrogens is 376 g/mol. The van der Waals surface area contributed by atoms with Crippen LogP contribution < -0.4 is 0 Å². The number of rotatable bonds is 5. The first-order chi connectivity index (χ1) is 11.4. The fraction of sp³-hybridized carbons (Fsp3) is 0.167. The van der Waals surface area contributed by atoms with Gasteiger partial charge >= 0.3 is 11.9 Å². The van der Waals surface area contributed by atoms with Gasteiger partial charge in [-0.1, -0.05) is 28.1 Å². The Hall–Kier alpha value is -2.47. The Morgan fingerprint density at radius 2 is 1.29 bits per heavy atom. The predicted octanol–water partition coefficient (Wildman–Crippen LogP) is 3.66. The van der Waals surface area contributed by atoms with Crippen LogP contribution in [0.2, 0.25) is 0 Å². The maximum Gasteiger partial charge on any atom is 0.338 e. The maximum atomic E-state index is 12.3. The maximum absolute atomic E-state index is 12.3. The van der Waals surface area contributed by atoms with Crippen molar-refractivity contribution in [2.24, 2.45) is 0 Å². The molecule has 0 aliphatic carbocycles. The molecule has 0 aliphatic heterocycles. The Morgan fingerprint density at radius 3 is 1.79 bits per heavy atom. The lowest BCUT2D eigenvalue weighted by Gasteiger charge is -2.12. The molecule has 2 rings (SSSR count). The van der Waals surface area contributed by atoms with Crippen molar-refractivity contribution in [2.75, 3.05) is 7.11 Å². The van der Waals surface area contributed by atoms with Crippen LogP contribution in [0.5, 0.6) is 0 Å². The highest BCUT2D eigenvalue weighted by molar-refractivity contribution is 9.10. The van der Waals surface area contributed by atoms with Gasteiger partial charge in [0, 0.05) is 10.0 Å². The summed E-state index contributed by atoms with van der Waals surface area (Å²) in [6, 6.07) is 12.6. The quantitative estimate of drug-likeness (QED) is 0.575. The Kier molecular flexibility index (Phi) is 5.87. The molecule has 0 unspecified atom stereocenters. The molecule has 0 radical (unpaired) electrons. The van der Waals surface area contributed by atoms with E-state index in [1.165, 1.54) is 38.3 Å². The van der Waals surface area contributed by atoms with Crippen molar-refractivity contribution in [3.05, 3.63) is 69.7 Å². The van der Waals surface area contributed by atoms with E-state index < -0.39 is 18.0 Å². The van der Waals surface area contributed by atoms with E-state index in [4.69, 9.17) is 4.74 Å². The van der Waals surface area contributed by atoms with Gasteiger partial charge in [-0.25, -0.2) is 9.59 Å². The summed E-state index contributed by atoms with van der Waals surface area (Å²) in [4.78, 5) is 35.7. The Balaban J connectivity index is 2.04. The third kappa shape index (κ3) is 4.29. The number of carbonyl (C=O) groups is 3. The summed E-state index contributed by atoms with van der Waals surface area (Å²) < 4.78 is 10.6. The number of hydrogen-bond donors (Lipinski definition) is 0. The molecule has 0 aliphatic rings. The molecule has 0 aromatic heterocycles. The molecule has 0 N–H and O–H groups in total. The molecule has 0 heterocycles. The minimum absolute atomic E-state index is 0.248. The van der Waals surface area contributed by atoms with Crippen molar-refractivity contribution in [2.45, 2.75) is 13.0 Å². The van der Waals surface area contributed by atoms with Crippen LogP contribution in [-0.2, 0) is 9.47 Å². The molecule has 6 heteroatoms. The molecule has 0 fully saturated rings. The molecule has 24 heavy (non-hydrogen) atoms. The second kappa shape index (κ2) is 7.88. The average Bonchev–Trinajstić information content (AvgIpc) is 2.61. The Morgan fingerprint density at radius 1 is 0.833 bits per heavy atom. The molecular formula is C18H15BrO5. The first-order valence-corrected chi connectivity index (χ1v) is 7.91. The Labute approximate surface area is 147 Å². The van der Waals surface area contributed by atoms with Crippen LogP contribution in [0.3, 0.4) is 0 Å². The van der Waals surface area contributed by atoms with Gasteiger partial charge in [0.1, 0.15) is 0 Å². The molecule has 2 aromatic rings.